The summed E-state index contributed by atoms with van der Waals surface area (Å²) in [6.45, 7) is 6.06. The van der Waals surface area contributed by atoms with Crippen molar-refractivity contribution < 1.29 is 4.79 Å². The summed E-state index contributed by atoms with van der Waals surface area (Å²) < 4.78 is 0.585. The SMILES string of the molecule is Cc1ccc(/C=C2\SC(=S)N(c3cc(C)ccc3C)C2=O)cc1. The van der Waals surface area contributed by atoms with E-state index >= 15 is 0 Å². The molecule has 1 aliphatic heterocycles. The third kappa shape index (κ3) is 3.23. The van der Waals surface area contributed by atoms with Crippen LogP contribution in [0.25, 0.3) is 6.08 Å². The number of aryl methyl sites for hydroxylation is 3. The number of hydrogen-bond acceptors (Lipinski definition) is 3. The van der Waals surface area contributed by atoms with Crippen LogP contribution in [0.4, 0.5) is 5.69 Å². The summed E-state index contributed by atoms with van der Waals surface area (Å²) in [6, 6.07) is 14.2. The highest BCUT2D eigenvalue weighted by molar-refractivity contribution is 8.27. The van der Waals surface area contributed by atoms with Crippen molar-refractivity contribution in [2.24, 2.45) is 0 Å². The van der Waals surface area contributed by atoms with E-state index in [0.717, 1.165) is 22.4 Å². The number of carbonyl (C=O) groups excluding carboxylic acids is 1. The number of hydrogen-bond donors (Lipinski definition) is 0. The third-order valence-corrected chi connectivity index (χ3v) is 5.08. The maximum Gasteiger partial charge on any atom is 0.270 e. The summed E-state index contributed by atoms with van der Waals surface area (Å²) in [4.78, 5) is 15.1. The van der Waals surface area contributed by atoms with E-state index in [1.807, 2.05) is 69.3 Å². The minimum absolute atomic E-state index is 0.0470. The van der Waals surface area contributed by atoms with Gasteiger partial charge < -0.3 is 0 Å². The highest BCUT2D eigenvalue weighted by Gasteiger charge is 2.34. The molecule has 0 bridgehead atoms. The maximum atomic E-state index is 12.8. The van der Waals surface area contributed by atoms with Gasteiger partial charge in [0.1, 0.15) is 0 Å². The lowest BCUT2D eigenvalue weighted by Gasteiger charge is -2.17. The van der Waals surface area contributed by atoms with Gasteiger partial charge in [0.2, 0.25) is 0 Å². The second-order valence-corrected chi connectivity index (χ2v) is 7.39. The Morgan fingerprint density at radius 1 is 1.00 bits per heavy atom. The number of thiocarbonyl (C=S) groups is 1. The molecule has 0 aromatic heterocycles. The van der Waals surface area contributed by atoms with Crippen LogP contribution in [-0.2, 0) is 4.79 Å². The number of nitrogens with zero attached hydrogens (tertiary/aromatic N) is 1. The fourth-order valence-electron chi connectivity index (χ4n) is 2.45. The summed E-state index contributed by atoms with van der Waals surface area (Å²) in [6.07, 6.45) is 1.91. The smallest absolute Gasteiger partial charge is 0.268 e. The molecule has 0 radical (unpaired) electrons. The van der Waals surface area contributed by atoms with Crippen molar-refractivity contribution in [2.75, 3.05) is 4.90 Å². The van der Waals surface area contributed by atoms with Gasteiger partial charge in [-0.25, -0.2) is 0 Å². The lowest BCUT2D eigenvalue weighted by atomic mass is 10.1. The van der Waals surface area contributed by atoms with Gasteiger partial charge in [0.15, 0.2) is 4.32 Å². The molecule has 1 amide bonds. The zero-order valence-corrected chi connectivity index (χ0v) is 14.9. The molecule has 116 valence electrons. The Balaban J connectivity index is 1.97. The van der Waals surface area contributed by atoms with Crippen LogP contribution in [0, 0.1) is 20.8 Å². The lowest BCUT2D eigenvalue weighted by Crippen LogP contribution is -2.28. The van der Waals surface area contributed by atoms with E-state index in [4.69, 9.17) is 12.2 Å². The van der Waals surface area contributed by atoms with Crippen LogP contribution >= 0.6 is 24.0 Å². The highest BCUT2D eigenvalue weighted by Crippen LogP contribution is 2.37. The highest BCUT2D eigenvalue weighted by atomic mass is 32.2. The molecule has 1 heterocycles. The van der Waals surface area contributed by atoms with E-state index in [1.165, 1.54) is 17.3 Å². The number of anilines is 1. The number of amides is 1. The van der Waals surface area contributed by atoms with Crippen LogP contribution < -0.4 is 4.90 Å². The molecule has 1 fully saturated rings. The molecule has 2 aromatic rings. The average Bonchev–Trinajstić information content (AvgIpc) is 2.78. The Hall–Kier alpha value is -1.91. The second-order valence-electron chi connectivity index (χ2n) is 5.72. The Bertz CT molecular complexity index is 822. The van der Waals surface area contributed by atoms with Gasteiger partial charge in [-0.15, -0.1) is 0 Å². The van der Waals surface area contributed by atoms with Gasteiger partial charge in [-0.05, 0) is 49.6 Å². The van der Waals surface area contributed by atoms with Crippen molar-refractivity contribution in [3.8, 4) is 0 Å². The predicted octanol–water partition coefficient (Wildman–Crippen LogP) is 5.02. The first-order valence-electron chi connectivity index (χ1n) is 7.37. The lowest BCUT2D eigenvalue weighted by molar-refractivity contribution is -0.113. The first-order chi connectivity index (χ1) is 11.0. The molecular weight excluding hydrogens is 322 g/mol. The Labute approximate surface area is 146 Å². The molecule has 1 saturated heterocycles. The molecule has 2 nitrogen and oxygen atoms in total. The molecule has 0 aliphatic carbocycles. The summed E-state index contributed by atoms with van der Waals surface area (Å²) in [5.41, 5.74) is 5.24. The molecule has 1 aliphatic rings. The minimum Gasteiger partial charge on any atom is -0.268 e. The quantitative estimate of drug-likeness (QED) is 0.566. The molecule has 3 rings (SSSR count). The Kier molecular flexibility index (Phi) is 4.37. The average molecular weight is 339 g/mol. The Morgan fingerprint density at radius 3 is 2.35 bits per heavy atom. The standard InChI is InChI=1S/C19H17NOS2/c1-12-5-8-15(9-6-12)11-17-18(21)20(19(22)23-17)16-10-13(2)4-7-14(16)3/h4-11H,1-3H3/b17-11-. The third-order valence-electron chi connectivity index (χ3n) is 3.77. The van der Waals surface area contributed by atoms with Crippen LogP contribution in [0.2, 0.25) is 0 Å². The van der Waals surface area contributed by atoms with E-state index in [0.29, 0.717) is 9.23 Å². The number of rotatable bonds is 2. The summed E-state index contributed by atoms with van der Waals surface area (Å²) in [5.74, 6) is -0.0470. The van der Waals surface area contributed by atoms with Gasteiger partial charge in [-0.2, -0.15) is 0 Å². The van der Waals surface area contributed by atoms with Gasteiger partial charge >= 0.3 is 0 Å². The number of carbonyl (C=O) groups is 1. The van der Waals surface area contributed by atoms with Crippen LogP contribution in [0.3, 0.4) is 0 Å². The first-order valence-corrected chi connectivity index (χ1v) is 8.60. The van der Waals surface area contributed by atoms with Crippen molar-refractivity contribution in [2.45, 2.75) is 20.8 Å². The fraction of sp³-hybridized carbons (Fsp3) is 0.158. The molecule has 23 heavy (non-hydrogen) atoms. The largest absolute Gasteiger partial charge is 0.270 e. The van der Waals surface area contributed by atoms with Gasteiger partial charge in [0, 0.05) is 0 Å². The molecule has 0 N–H and O–H groups in total. The molecule has 0 unspecified atom stereocenters. The zero-order chi connectivity index (χ0) is 16.6. The van der Waals surface area contributed by atoms with Gasteiger partial charge in [0.25, 0.3) is 5.91 Å². The number of thioether (sulfide) groups is 1. The topological polar surface area (TPSA) is 20.3 Å². The monoisotopic (exact) mass is 339 g/mol. The minimum atomic E-state index is -0.0470. The van der Waals surface area contributed by atoms with Crippen molar-refractivity contribution in [3.63, 3.8) is 0 Å². The van der Waals surface area contributed by atoms with E-state index < -0.39 is 0 Å². The van der Waals surface area contributed by atoms with E-state index in [-0.39, 0.29) is 5.91 Å². The summed E-state index contributed by atoms with van der Waals surface area (Å²) in [5, 5.41) is 0. The van der Waals surface area contributed by atoms with Gasteiger partial charge in [0.05, 0.1) is 10.6 Å². The van der Waals surface area contributed by atoms with Crippen molar-refractivity contribution in [1.29, 1.82) is 0 Å². The van der Waals surface area contributed by atoms with Crippen molar-refractivity contribution >= 4 is 46.0 Å². The first kappa shape index (κ1) is 16.0. The van der Waals surface area contributed by atoms with Crippen molar-refractivity contribution in [3.05, 3.63) is 69.6 Å². The van der Waals surface area contributed by atoms with E-state index in [1.54, 1.807) is 4.90 Å². The van der Waals surface area contributed by atoms with E-state index in [9.17, 15) is 4.79 Å². The van der Waals surface area contributed by atoms with Crippen LogP contribution in [-0.4, -0.2) is 10.2 Å². The van der Waals surface area contributed by atoms with Crippen LogP contribution in [0.1, 0.15) is 22.3 Å². The van der Waals surface area contributed by atoms with Gasteiger partial charge in [-0.3, -0.25) is 9.69 Å². The Morgan fingerprint density at radius 2 is 1.65 bits per heavy atom. The maximum absolute atomic E-state index is 12.8. The predicted molar refractivity (Wildman–Crippen MR) is 103 cm³/mol. The summed E-state index contributed by atoms with van der Waals surface area (Å²) in [7, 11) is 0. The van der Waals surface area contributed by atoms with Crippen LogP contribution in [0.5, 0.6) is 0 Å². The van der Waals surface area contributed by atoms with Crippen molar-refractivity contribution in [1.82, 2.24) is 0 Å². The fourth-order valence-corrected chi connectivity index (χ4v) is 3.73. The zero-order valence-electron chi connectivity index (χ0n) is 13.3. The molecule has 0 spiro atoms. The normalized spacial score (nSPS) is 16.5. The molecule has 0 atom stereocenters. The van der Waals surface area contributed by atoms with Gasteiger partial charge in [-0.1, -0.05) is 65.9 Å². The summed E-state index contributed by atoms with van der Waals surface area (Å²) >= 11 is 6.80. The molecular formula is C19H17NOS2. The molecule has 0 saturated carbocycles. The second kappa shape index (κ2) is 6.30. The van der Waals surface area contributed by atoms with Crippen LogP contribution in [0.15, 0.2) is 47.4 Å². The molecule has 4 heteroatoms. The molecule has 2 aromatic carbocycles. The van der Waals surface area contributed by atoms with E-state index in [2.05, 4.69) is 0 Å². The number of benzene rings is 2.